The Morgan fingerprint density at radius 2 is 0.880 bits per heavy atom. The highest BCUT2D eigenvalue weighted by atomic mass is 35.5. The number of anilines is 5. The molecule has 1 N–H and O–H groups in total. The largest absolute Gasteiger partial charge is 0.497 e. The van der Waals surface area contributed by atoms with E-state index in [1.54, 1.807) is 26.4 Å². The Morgan fingerprint density at radius 3 is 1.34 bits per heavy atom. The molecule has 13 rings (SSSR count). The molecule has 0 bridgehead atoms. The van der Waals surface area contributed by atoms with Gasteiger partial charge in [-0.1, -0.05) is 127 Å². The van der Waals surface area contributed by atoms with Gasteiger partial charge in [-0.25, -0.2) is 4.98 Å². The molecule has 8 heterocycles. The van der Waals surface area contributed by atoms with Crippen molar-refractivity contribution < 1.29 is 28.4 Å². The van der Waals surface area contributed by atoms with Crippen LogP contribution in [0.15, 0.2) is 163 Å². The fourth-order valence-electron chi connectivity index (χ4n) is 12.9. The van der Waals surface area contributed by atoms with E-state index in [-0.39, 0.29) is 29.9 Å². The molecule has 8 aromatic rings. The summed E-state index contributed by atoms with van der Waals surface area (Å²) in [6, 6.07) is 54.2. The van der Waals surface area contributed by atoms with E-state index in [0.29, 0.717) is 73.4 Å². The summed E-state index contributed by atoms with van der Waals surface area (Å²) in [6.07, 6.45) is 9.94. The monoisotopic (exact) mass is 1270 g/mol. The van der Waals surface area contributed by atoms with Gasteiger partial charge in [0.2, 0.25) is 29.6 Å². The van der Waals surface area contributed by atoms with Gasteiger partial charge >= 0.3 is 0 Å². The van der Waals surface area contributed by atoms with Gasteiger partial charge in [0.1, 0.15) is 41.5 Å². The number of methoxy groups -OCH3 is 2. The second kappa shape index (κ2) is 31.7. The Hall–Kier alpha value is -8.45. The summed E-state index contributed by atoms with van der Waals surface area (Å²) in [7, 11) is 3.33. The Bertz CT molecular complexity index is 3630. The molecule has 92 heavy (non-hydrogen) atoms. The van der Waals surface area contributed by atoms with Crippen molar-refractivity contribution in [1.29, 1.82) is 0 Å². The number of benzene rings is 5. The third-order valence-corrected chi connectivity index (χ3v) is 18.6. The van der Waals surface area contributed by atoms with Crippen LogP contribution in [0.3, 0.4) is 0 Å². The minimum atomic E-state index is -0.0910. The number of ether oxygens (including phenoxy) is 6. The van der Waals surface area contributed by atoms with Gasteiger partial charge in [0.15, 0.2) is 0 Å². The molecular formula is C73H88ClN11O7. The van der Waals surface area contributed by atoms with Gasteiger partial charge in [-0.2, -0.15) is 19.9 Å². The molecule has 7 unspecified atom stereocenters. The van der Waals surface area contributed by atoms with Gasteiger partial charge in [0, 0.05) is 69.0 Å². The SMILES string of the molecule is CC1OCCN(c2cc(=O)[nH]c(N3CCCC3Cc3ccccc3)n2)C1C.COc1ccc(COc2cc(Cl)nc(N3CCCC3Cc3ccccc3)n2)cc1.COc1ccc(COc2cc(N3CCOC(C)C3C)nc(N3CCCC3Cc3ccccc3)n2)cc1. The van der Waals surface area contributed by atoms with Crippen molar-refractivity contribution in [1.82, 2.24) is 29.9 Å². The summed E-state index contributed by atoms with van der Waals surface area (Å²) in [6.45, 7) is 15.1. The molecule has 5 aliphatic heterocycles. The number of hydrogen-bond donors (Lipinski definition) is 1. The highest BCUT2D eigenvalue weighted by Gasteiger charge is 2.34. The molecule has 0 aliphatic carbocycles. The molecule has 7 atom stereocenters. The maximum Gasteiger partial charge on any atom is 0.254 e. The van der Waals surface area contributed by atoms with E-state index >= 15 is 0 Å². The minimum absolute atomic E-state index is 0.0910. The molecule has 5 aliphatic rings. The second-order valence-electron chi connectivity index (χ2n) is 24.5. The van der Waals surface area contributed by atoms with E-state index in [0.717, 1.165) is 131 Å². The summed E-state index contributed by atoms with van der Waals surface area (Å²) in [4.78, 5) is 50.7. The van der Waals surface area contributed by atoms with Crippen molar-refractivity contribution in [2.75, 3.05) is 84.7 Å². The van der Waals surface area contributed by atoms with Gasteiger partial charge in [0.25, 0.3) is 5.56 Å². The van der Waals surface area contributed by atoms with Crippen molar-refractivity contribution in [2.24, 2.45) is 0 Å². The number of nitrogens with one attached hydrogen (secondary N) is 1. The fraction of sp³-hybridized carbons (Fsp3) is 0.425. The zero-order valence-corrected chi connectivity index (χ0v) is 54.7. The number of aromatic amines is 1. The van der Waals surface area contributed by atoms with Crippen molar-refractivity contribution in [2.45, 2.75) is 141 Å². The summed E-state index contributed by atoms with van der Waals surface area (Å²) in [5, 5.41) is 0.394. The van der Waals surface area contributed by atoms with E-state index in [4.69, 9.17) is 55.0 Å². The highest BCUT2D eigenvalue weighted by Crippen LogP contribution is 2.34. The van der Waals surface area contributed by atoms with Crippen LogP contribution in [0.1, 0.15) is 94.0 Å². The number of H-pyrrole nitrogens is 1. The first-order valence-electron chi connectivity index (χ1n) is 32.7. The van der Waals surface area contributed by atoms with Gasteiger partial charge in [-0.05, 0) is 138 Å². The van der Waals surface area contributed by atoms with Crippen LogP contribution < -0.4 is 49.0 Å². The summed E-state index contributed by atoms with van der Waals surface area (Å²) in [5.74, 6) is 6.48. The second-order valence-corrected chi connectivity index (χ2v) is 24.8. The lowest BCUT2D eigenvalue weighted by molar-refractivity contribution is 0.0280. The summed E-state index contributed by atoms with van der Waals surface area (Å²) < 4.78 is 34.2. The zero-order chi connectivity index (χ0) is 63.8. The number of halogens is 1. The molecule has 0 amide bonds. The first kappa shape index (κ1) is 65.1. The van der Waals surface area contributed by atoms with Gasteiger partial charge in [-0.15, -0.1) is 0 Å². The summed E-state index contributed by atoms with van der Waals surface area (Å²) >= 11 is 6.28. The number of morpholine rings is 2. The summed E-state index contributed by atoms with van der Waals surface area (Å²) in [5.41, 5.74) is 5.99. The van der Waals surface area contributed by atoms with E-state index in [9.17, 15) is 4.79 Å². The van der Waals surface area contributed by atoms with Crippen LogP contribution in [-0.2, 0) is 41.9 Å². The van der Waals surface area contributed by atoms with Gasteiger partial charge < -0.3 is 52.9 Å². The molecule has 484 valence electrons. The van der Waals surface area contributed by atoms with Crippen LogP contribution in [0.4, 0.5) is 29.5 Å². The number of nitrogens with zero attached hydrogens (tertiary/aromatic N) is 10. The van der Waals surface area contributed by atoms with Crippen LogP contribution in [0, 0.1) is 0 Å². The smallest absolute Gasteiger partial charge is 0.254 e. The van der Waals surface area contributed by atoms with Crippen molar-refractivity contribution in [3.63, 3.8) is 0 Å². The topological polar surface area (TPSA) is 169 Å². The first-order chi connectivity index (χ1) is 44.9. The normalized spacial score (nSPS) is 21.2. The molecule has 5 fully saturated rings. The Morgan fingerprint density at radius 1 is 0.467 bits per heavy atom. The minimum Gasteiger partial charge on any atom is -0.497 e. The molecule has 5 aromatic carbocycles. The van der Waals surface area contributed by atoms with E-state index in [1.807, 2.05) is 66.7 Å². The Labute approximate surface area is 546 Å². The van der Waals surface area contributed by atoms with E-state index in [2.05, 4.69) is 146 Å². The van der Waals surface area contributed by atoms with E-state index in [1.165, 1.54) is 16.7 Å². The van der Waals surface area contributed by atoms with Gasteiger partial charge in [-0.3, -0.25) is 9.78 Å². The molecule has 5 saturated heterocycles. The third kappa shape index (κ3) is 17.2. The molecule has 0 saturated carbocycles. The van der Waals surface area contributed by atoms with Crippen LogP contribution in [-0.4, -0.2) is 132 Å². The van der Waals surface area contributed by atoms with Crippen LogP contribution >= 0.6 is 11.6 Å². The molecule has 19 heteroatoms. The van der Waals surface area contributed by atoms with Crippen molar-refractivity contribution in [3.8, 4) is 23.3 Å². The van der Waals surface area contributed by atoms with Gasteiger partial charge in [0.05, 0.1) is 51.7 Å². The molecule has 3 aromatic heterocycles. The maximum absolute atomic E-state index is 12.4. The Kier molecular flexibility index (Phi) is 22.4. The third-order valence-electron chi connectivity index (χ3n) is 18.4. The molecule has 0 spiro atoms. The van der Waals surface area contributed by atoms with Crippen LogP contribution in [0.5, 0.6) is 23.3 Å². The first-order valence-corrected chi connectivity index (χ1v) is 33.1. The number of aromatic nitrogens is 6. The predicted octanol–water partition coefficient (Wildman–Crippen LogP) is 12.4. The maximum atomic E-state index is 12.4. The molecule has 18 nitrogen and oxygen atoms in total. The van der Waals surface area contributed by atoms with Crippen LogP contribution in [0.25, 0.3) is 0 Å². The lowest BCUT2D eigenvalue weighted by Gasteiger charge is -2.39. The molecule has 0 radical (unpaired) electrons. The highest BCUT2D eigenvalue weighted by molar-refractivity contribution is 6.29. The van der Waals surface area contributed by atoms with Crippen LogP contribution in [0.2, 0.25) is 5.15 Å². The number of rotatable bonds is 19. The lowest BCUT2D eigenvalue weighted by Crippen LogP contribution is -2.49. The quantitative estimate of drug-likeness (QED) is 0.0758. The Balaban J connectivity index is 0.000000143. The average Bonchev–Trinajstić information content (AvgIpc) is 1.69. The predicted molar refractivity (Wildman–Crippen MR) is 365 cm³/mol. The van der Waals surface area contributed by atoms with Crippen molar-refractivity contribution in [3.05, 3.63) is 201 Å². The number of hydrogen-bond acceptors (Lipinski definition) is 17. The standard InChI is InChI=1S/C29H36N4O3.C23H24ClN3O2.C21H28N4O2/c1-21-22(2)35-17-16-32(21)27-19-28(36-20-24-11-13-26(34-3)14-12-24)31-29(30-27)33-15-7-10-25(33)18-23-8-5-4-6-9-23;1-28-20-11-9-18(10-12-20)16-29-22-15-21(24)25-23(26-22)27-13-5-8-19(27)14-17-6-3-2-4-7-17;1-15-16(2)27-12-11-24(15)19-14-20(26)23-21(22-19)25-10-6-9-18(25)13-17-7-4-3-5-8-17/h4-6,8-9,11-14,19,21-22,25H,7,10,15-18,20H2,1-3H3;2-4,6-7,9-12,15,19H,5,8,13-14,16H2,1H3;3-5,7-8,14-16,18H,6,9-13H2,1-2H3,(H,22,23,26). The van der Waals surface area contributed by atoms with E-state index < -0.39 is 0 Å². The zero-order valence-electron chi connectivity index (χ0n) is 54.0. The molecular weight excluding hydrogens is 1180 g/mol. The lowest BCUT2D eigenvalue weighted by atomic mass is 10.0. The average molecular weight is 1270 g/mol. The van der Waals surface area contributed by atoms with Crippen molar-refractivity contribution >= 4 is 41.1 Å². The fourth-order valence-corrected chi connectivity index (χ4v) is 13.1.